The van der Waals surface area contributed by atoms with Gasteiger partial charge in [-0.3, -0.25) is 9.69 Å². The van der Waals surface area contributed by atoms with E-state index in [1.165, 1.54) is 0 Å². The number of benzene rings is 2. The molecule has 6 nitrogen and oxygen atoms in total. The number of nitrogens with zero attached hydrogens (tertiary/aromatic N) is 3. The number of carbonyl (C=O) groups excluding carboxylic acids is 1. The third-order valence-electron chi connectivity index (χ3n) is 5.19. The minimum Gasteiger partial charge on any atom is -0.370 e. The molecule has 7 heteroatoms. The van der Waals surface area contributed by atoms with E-state index in [-0.39, 0.29) is 5.91 Å². The summed E-state index contributed by atoms with van der Waals surface area (Å²) in [6.07, 6.45) is 1.01. The Bertz CT molecular complexity index is 953. The molecule has 0 bridgehead atoms. The minimum atomic E-state index is 0.0621. The Morgan fingerprint density at radius 2 is 2.04 bits per heavy atom. The van der Waals surface area contributed by atoms with Gasteiger partial charge in [-0.05, 0) is 36.8 Å². The maximum atomic E-state index is 11.7. The molecule has 0 radical (unpaired) electrons. The molecule has 1 aliphatic heterocycles. The Morgan fingerprint density at radius 3 is 2.86 bits per heavy atom. The number of hydrogen-bond acceptors (Lipinski definition) is 4. The minimum absolute atomic E-state index is 0.0621. The Kier molecular flexibility index (Phi) is 5.50. The van der Waals surface area contributed by atoms with Crippen molar-refractivity contribution in [1.29, 1.82) is 0 Å². The van der Waals surface area contributed by atoms with Gasteiger partial charge in [0.1, 0.15) is 5.82 Å². The number of imidazole rings is 1. The van der Waals surface area contributed by atoms with Crippen LogP contribution in [0.25, 0.3) is 22.4 Å². The SMILES string of the molecule is CNC(=O)CN1CCCN(c2ccc(Cl)c(-c3nc4ccccc4[nH]3)c2)CC1. The number of para-hydroxylation sites is 2. The number of fused-ring (bicyclic) bond motifs is 1. The summed E-state index contributed by atoms with van der Waals surface area (Å²) in [7, 11) is 1.68. The predicted molar refractivity (Wildman–Crippen MR) is 114 cm³/mol. The van der Waals surface area contributed by atoms with Gasteiger partial charge >= 0.3 is 0 Å². The first-order valence-electron chi connectivity index (χ1n) is 9.56. The van der Waals surface area contributed by atoms with Gasteiger partial charge in [-0.1, -0.05) is 23.7 Å². The number of nitrogens with one attached hydrogen (secondary N) is 2. The second kappa shape index (κ2) is 8.20. The predicted octanol–water partition coefficient (Wildman–Crippen LogP) is 3.14. The van der Waals surface area contributed by atoms with Crippen molar-refractivity contribution in [3.63, 3.8) is 0 Å². The summed E-state index contributed by atoms with van der Waals surface area (Å²) in [5, 5.41) is 3.38. The van der Waals surface area contributed by atoms with Crippen LogP contribution in [0.4, 0.5) is 5.69 Å². The zero-order valence-corrected chi connectivity index (χ0v) is 16.7. The number of carbonyl (C=O) groups is 1. The van der Waals surface area contributed by atoms with Crippen LogP contribution >= 0.6 is 11.6 Å². The summed E-state index contributed by atoms with van der Waals surface area (Å²) in [6.45, 7) is 4.06. The first-order valence-corrected chi connectivity index (χ1v) is 9.94. The van der Waals surface area contributed by atoms with Gasteiger partial charge in [-0.2, -0.15) is 0 Å². The number of amides is 1. The molecule has 0 spiro atoms. The molecule has 1 saturated heterocycles. The quantitative estimate of drug-likeness (QED) is 0.709. The zero-order chi connectivity index (χ0) is 19.5. The molecule has 1 amide bonds. The van der Waals surface area contributed by atoms with Crippen molar-refractivity contribution in [3.8, 4) is 11.4 Å². The maximum absolute atomic E-state index is 11.7. The van der Waals surface area contributed by atoms with Crippen LogP contribution in [0, 0.1) is 0 Å². The van der Waals surface area contributed by atoms with Crippen LogP contribution in [0.1, 0.15) is 6.42 Å². The highest BCUT2D eigenvalue weighted by Crippen LogP contribution is 2.32. The third kappa shape index (κ3) is 3.98. The van der Waals surface area contributed by atoms with Crippen molar-refractivity contribution in [3.05, 3.63) is 47.5 Å². The van der Waals surface area contributed by atoms with E-state index < -0.39 is 0 Å². The number of anilines is 1. The first-order chi connectivity index (χ1) is 13.6. The fourth-order valence-corrected chi connectivity index (χ4v) is 3.85. The van der Waals surface area contributed by atoms with Crippen LogP contribution in [0.5, 0.6) is 0 Å². The van der Waals surface area contributed by atoms with E-state index in [0.717, 1.165) is 60.7 Å². The number of H-pyrrole nitrogens is 1. The lowest BCUT2D eigenvalue weighted by atomic mass is 10.1. The highest BCUT2D eigenvalue weighted by atomic mass is 35.5. The average Bonchev–Trinajstić information content (AvgIpc) is 3.01. The fraction of sp³-hybridized carbons (Fsp3) is 0.333. The molecule has 28 heavy (non-hydrogen) atoms. The fourth-order valence-electron chi connectivity index (χ4n) is 3.64. The van der Waals surface area contributed by atoms with Crippen LogP contribution in [0.15, 0.2) is 42.5 Å². The summed E-state index contributed by atoms with van der Waals surface area (Å²) in [4.78, 5) is 24.3. The Hall–Kier alpha value is -2.57. The van der Waals surface area contributed by atoms with Crippen molar-refractivity contribution in [2.24, 2.45) is 0 Å². The third-order valence-corrected chi connectivity index (χ3v) is 5.52. The second-order valence-electron chi connectivity index (χ2n) is 7.06. The van der Waals surface area contributed by atoms with Crippen LogP contribution in [-0.4, -0.2) is 60.5 Å². The van der Waals surface area contributed by atoms with Crippen molar-refractivity contribution < 1.29 is 4.79 Å². The van der Waals surface area contributed by atoms with Gasteiger partial charge in [0.05, 0.1) is 22.6 Å². The van der Waals surface area contributed by atoms with Crippen LogP contribution in [-0.2, 0) is 4.79 Å². The molecule has 0 unspecified atom stereocenters. The standard InChI is InChI=1S/C21H24ClN5O/c1-23-20(28)14-26-9-4-10-27(12-11-26)15-7-8-17(22)16(13-15)21-24-18-5-2-3-6-19(18)25-21/h2-3,5-8,13H,4,9-12,14H2,1H3,(H,23,28)(H,24,25). The van der Waals surface area contributed by atoms with E-state index in [2.05, 4.69) is 32.2 Å². The van der Waals surface area contributed by atoms with Crippen molar-refractivity contribution >= 4 is 34.2 Å². The maximum Gasteiger partial charge on any atom is 0.233 e. The number of aromatic amines is 1. The molecular formula is C21H24ClN5O. The lowest BCUT2D eigenvalue weighted by molar-refractivity contribution is -0.121. The molecular weight excluding hydrogens is 374 g/mol. The molecule has 2 N–H and O–H groups in total. The van der Waals surface area contributed by atoms with E-state index in [9.17, 15) is 4.79 Å². The van der Waals surface area contributed by atoms with Gasteiger partial charge in [0.15, 0.2) is 0 Å². The topological polar surface area (TPSA) is 64.3 Å². The van der Waals surface area contributed by atoms with E-state index >= 15 is 0 Å². The zero-order valence-electron chi connectivity index (χ0n) is 15.9. The summed E-state index contributed by atoms with van der Waals surface area (Å²) in [5.74, 6) is 0.844. The van der Waals surface area contributed by atoms with Crippen molar-refractivity contribution in [2.45, 2.75) is 6.42 Å². The first kappa shape index (κ1) is 18.8. The summed E-state index contributed by atoms with van der Waals surface area (Å²) >= 11 is 6.49. The van der Waals surface area contributed by atoms with Gasteiger partial charge in [0.2, 0.25) is 5.91 Å². The monoisotopic (exact) mass is 397 g/mol. The van der Waals surface area contributed by atoms with Gasteiger partial charge in [0.25, 0.3) is 0 Å². The normalized spacial score (nSPS) is 15.6. The molecule has 1 fully saturated rings. The molecule has 4 rings (SSSR count). The number of rotatable bonds is 4. The van der Waals surface area contributed by atoms with Crippen molar-refractivity contribution in [2.75, 3.05) is 44.7 Å². The molecule has 0 atom stereocenters. The summed E-state index contributed by atoms with van der Waals surface area (Å²) in [5.41, 5.74) is 3.96. The second-order valence-corrected chi connectivity index (χ2v) is 7.46. The molecule has 1 aromatic heterocycles. The molecule has 3 aromatic rings. The van der Waals surface area contributed by atoms with Crippen LogP contribution in [0.3, 0.4) is 0 Å². The smallest absolute Gasteiger partial charge is 0.233 e. The summed E-state index contributed by atoms with van der Waals surface area (Å²) in [6, 6.07) is 14.1. The van der Waals surface area contributed by atoms with E-state index in [4.69, 9.17) is 16.6 Å². The van der Waals surface area contributed by atoms with Crippen LogP contribution in [0.2, 0.25) is 5.02 Å². The lowest BCUT2D eigenvalue weighted by Crippen LogP contribution is -2.38. The highest BCUT2D eigenvalue weighted by Gasteiger charge is 2.18. The molecule has 146 valence electrons. The van der Waals surface area contributed by atoms with E-state index in [0.29, 0.717) is 11.6 Å². The number of aromatic nitrogens is 2. The molecule has 0 saturated carbocycles. The Labute approximate surface area is 169 Å². The summed E-state index contributed by atoms with van der Waals surface area (Å²) < 4.78 is 0. The van der Waals surface area contributed by atoms with Crippen LogP contribution < -0.4 is 10.2 Å². The van der Waals surface area contributed by atoms with Gasteiger partial charge < -0.3 is 15.2 Å². The van der Waals surface area contributed by atoms with Crippen molar-refractivity contribution in [1.82, 2.24) is 20.2 Å². The number of hydrogen-bond donors (Lipinski definition) is 2. The highest BCUT2D eigenvalue weighted by molar-refractivity contribution is 6.33. The Morgan fingerprint density at radius 1 is 1.18 bits per heavy atom. The Balaban J connectivity index is 1.56. The van der Waals surface area contributed by atoms with Gasteiger partial charge in [-0.15, -0.1) is 0 Å². The number of halogens is 1. The number of likely N-dealkylation sites (N-methyl/N-ethyl adjacent to an activating group) is 1. The van der Waals surface area contributed by atoms with E-state index in [1.54, 1.807) is 7.05 Å². The van der Waals surface area contributed by atoms with E-state index in [1.807, 2.05) is 30.3 Å². The largest absolute Gasteiger partial charge is 0.370 e. The molecule has 2 heterocycles. The molecule has 0 aliphatic carbocycles. The molecule has 1 aliphatic rings. The average molecular weight is 398 g/mol. The van der Waals surface area contributed by atoms with Gasteiger partial charge in [-0.25, -0.2) is 4.98 Å². The van der Waals surface area contributed by atoms with Gasteiger partial charge in [0, 0.05) is 44.5 Å². The molecule has 2 aromatic carbocycles. The lowest BCUT2D eigenvalue weighted by Gasteiger charge is -2.24.